The molecule has 0 aliphatic carbocycles. The van der Waals surface area contributed by atoms with E-state index < -0.39 is 10.0 Å². The van der Waals surface area contributed by atoms with Crippen LogP contribution in [0.1, 0.15) is 12.8 Å². The summed E-state index contributed by atoms with van der Waals surface area (Å²) < 4.78 is 29.2. The first-order chi connectivity index (χ1) is 13.5. The Morgan fingerprint density at radius 2 is 1.79 bits per heavy atom. The van der Waals surface area contributed by atoms with Gasteiger partial charge in [0.25, 0.3) is 10.0 Å². The van der Waals surface area contributed by atoms with Crippen LogP contribution in [0.15, 0.2) is 57.6 Å². The molecular weight excluding hydrogens is 462 g/mol. The van der Waals surface area contributed by atoms with Gasteiger partial charge in [-0.15, -0.1) is 11.3 Å². The first-order valence-electron chi connectivity index (χ1n) is 8.77. The fourth-order valence-electron chi connectivity index (χ4n) is 3.04. The predicted molar refractivity (Wildman–Crippen MR) is 113 cm³/mol. The third-order valence-electron chi connectivity index (χ3n) is 4.50. The minimum Gasteiger partial charge on any atom is -0.341 e. The fraction of sp³-hybridized carbons (Fsp3) is 0.278. The second-order valence-electron chi connectivity index (χ2n) is 6.43. The molecule has 0 saturated carbocycles. The molecule has 2 aromatic heterocycles. The van der Waals surface area contributed by atoms with E-state index in [1.54, 1.807) is 23.8 Å². The van der Waals surface area contributed by atoms with Crippen LogP contribution in [0.25, 0.3) is 10.6 Å². The number of nitrogens with zero attached hydrogens (tertiary/aromatic N) is 4. The standard InChI is InChI=1S/C18H18BrN5O2S2/c19-14-4-2-13(3-5-14)17-22-16(12-27-17)28(25,26)23-15-6-10-24(11-7-15)18-20-8-1-9-21-18/h1-5,8-9,12,15,23H,6-7,10-11H2. The Bertz CT molecular complexity index is 1030. The number of sulfonamides is 1. The zero-order valence-corrected chi connectivity index (χ0v) is 18.0. The maximum atomic E-state index is 12.7. The molecule has 0 radical (unpaired) electrons. The molecule has 3 aromatic rings. The molecule has 0 amide bonds. The zero-order chi connectivity index (χ0) is 19.6. The van der Waals surface area contributed by atoms with Crippen LogP contribution in [-0.4, -0.2) is 42.5 Å². The highest BCUT2D eigenvalue weighted by molar-refractivity contribution is 9.10. The highest BCUT2D eigenvalue weighted by Crippen LogP contribution is 2.27. The van der Waals surface area contributed by atoms with Crippen molar-refractivity contribution in [3.63, 3.8) is 0 Å². The maximum absolute atomic E-state index is 12.7. The molecule has 1 aliphatic heterocycles. The van der Waals surface area contributed by atoms with Crippen molar-refractivity contribution < 1.29 is 8.42 Å². The summed E-state index contributed by atoms with van der Waals surface area (Å²) >= 11 is 4.72. The van der Waals surface area contributed by atoms with Crippen LogP contribution in [0.2, 0.25) is 0 Å². The molecule has 1 N–H and O–H groups in total. The van der Waals surface area contributed by atoms with Crippen LogP contribution in [0.3, 0.4) is 0 Å². The molecule has 3 heterocycles. The van der Waals surface area contributed by atoms with Crippen molar-refractivity contribution in [1.82, 2.24) is 19.7 Å². The number of piperidine rings is 1. The molecule has 0 spiro atoms. The van der Waals surface area contributed by atoms with Gasteiger partial charge in [0.15, 0.2) is 5.03 Å². The van der Waals surface area contributed by atoms with Gasteiger partial charge in [-0.1, -0.05) is 28.1 Å². The minimum absolute atomic E-state index is 0.0734. The quantitative estimate of drug-likeness (QED) is 0.603. The summed E-state index contributed by atoms with van der Waals surface area (Å²) in [5.41, 5.74) is 0.894. The zero-order valence-electron chi connectivity index (χ0n) is 14.8. The molecule has 4 rings (SSSR count). The highest BCUT2D eigenvalue weighted by Gasteiger charge is 2.27. The van der Waals surface area contributed by atoms with Crippen molar-refractivity contribution in [2.24, 2.45) is 0 Å². The van der Waals surface area contributed by atoms with Crippen molar-refractivity contribution >= 4 is 43.2 Å². The summed E-state index contributed by atoms with van der Waals surface area (Å²) in [6, 6.07) is 9.30. The number of benzene rings is 1. The summed E-state index contributed by atoms with van der Waals surface area (Å²) in [5, 5.41) is 2.35. The molecule has 1 saturated heterocycles. The van der Waals surface area contributed by atoms with Gasteiger partial charge in [0.1, 0.15) is 5.01 Å². The molecule has 1 aromatic carbocycles. The number of rotatable bonds is 5. The number of nitrogens with one attached hydrogen (secondary N) is 1. The lowest BCUT2D eigenvalue weighted by atomic mass is 10.1. The minimum atomic E-state index is -3.65. The first-order valence-corrected chi connectivity index (χ1v) is 11.9. The molecule has 0 bridgehead atoms. The van der Waals surface area contributed by atoms with E-state index >= 15 is 0 Å². The van der Waals surface area contributed by atoms with Crippen LogP contribution in [0, 0.1) is 0 Å². The monoisotopic (exact) mass is 479 g/mol. The van der Waals surface area contributed by atoms with Crippen molar-refractivity contribution in [3.05, 3.63) is 52.6 Å². The van der Waals surface area contributed by atoms with Gasteiger partial charge in [0.2, 0.25) is 5.95 Å². The van der Waals surface area contributed by atoms with Crippen molar-refractivity contribution in [2.45, 2.75) is 23.9 Å². The summed E-state index contributed by atoms with van der Waals surface area (Å²) in [4.78, 5) is 14.9. The van der Waals surface area contributed by atoms with Gasteiger partial charge in [-0.05, 0) is 31.0 Å². The molecule has 10 heteroatoms. The number of hydrogen-bond acceptors (Lipinski definition) is 7. The Morgan fingerprint density at radius 1 is 1.11 bits per heavy atom. The number of aromatic nitrogens is 3. The topological polar surface area (TPSA) is 88.1 Å². The Hall–Kier alpha value is -1.88. The number of anilines is 1. The van der Waals surface area contributed by atoms with E-state index in [1.165, 1.54) is 11.3 Å². The largest absolute Gasteiger partial charge is 0.341 e. The molecule has 0 atom stereocenters. The van der Waals surface area contributed by atoms with E-state index in [0.717, 1.165) is 10.0 Å². The lowest BCUT2D eigenvalue weighted by Crippen LogP contribution is -2.45. The molecule has 28 heavy (non-hydrogen) atoms. The Labute approximate surface area is 176 Å². The summed E-state index contributed by atoms with van der Waals surface area (Å²) in [7, 11) is -3.65. The summed E-state index contributed by atoms with van der Waals surface area (Å²) in [6.07, 6.45) is 4.81. The molecule has 0 unspecified atom stereocenters. The van der Waals surface area contributed by atoms with E-state index in [4.69, 9.17) is 0 Å². The van der Waals surface area contributed by atoms with Gasteiger partial charge in [0.05, 0.1) is 0 Å². The summed E-state index contributed by atoms with van der Waals surface area (Å²) in [5.74, 6) is 0.683. The predicted octanol–water partition coefficient (Wildman–Crippen LogP) is 3.31. The number of halogens is 1. The smallest absolute Gasteiger partial charge is 0.259 e. The van der Waals surface area contributed by atoms with Crippen LogP contribution in [-0.2, 0) is 10.0 Å². The van der Waals surface area contributed by atoms with Crippen LogP contribution < -0.4 is 9.62 Å². The van der Waals surface area contributed by atoms with E-state index in [-0.39, 0.29) is 11.1 Å². The van der Waals surface area contributed by atoms with E-state index in [0.29, 0.717) is 36.9 Å². The van der Waals surface area contributed by atoms with Gasteiger partial charge in [0, 0.05) is 46.9 Å². The lowest BCUT2D eigenvalue weighted by molar-refractivity contribution is 0.455. The number of thiazole rings is 1. The lowest BCUT2D eigenvalue weighted by Gasteiger charge is -2.31. The van der Waals surface area contributed by atoms with Gasteiger partial charge in [-0.3, -0.25) is 0 Å². The molecule has 1 aliphatic rings. The Morgan fingerprint density at radius 3 is 2.46 bits per heavy atom. The maximum Gasteiger partial charge on any atom is 0.259 e. The molecular formula is C18H18BrN5O2S2. The SMILES string of the molecule is O=S(=O)(NC1CCN(c2ncccn2)CC1)c1csc(-c2ccc(Br)cc2)n1. The second kappa shape index (κ2) is 8.24. The Kier molecular flexibility index (Phi) is 5.72. The second-order valence-corrected chi connectivity index (χ2v) is 9.86. The van der Waals surface area contributed by atoms with Crippen LogP contribution >= 0.6 is 27.3 Å². The van der Waals surface area contributed by atoms with Gasteiger partial charge < -0.3 is 4.90 Å². The van der Waals surface area contributed by atoms with E-state index in [1.807, 2.05) is 24.3 Å². The highest BCUT2D eigenvalue weighted by atomic mass is 79.9. The van der Waals surface area contributed by atoms with Gasteiger partial charge in [-0.2, -0.15) is 0 Å². The third-order valence-corrected chi connectivity index (χ3v) is 7.47. The average Bonchev–Trinajstić information content (AvgIpc) is 3.21. The van der Waals surface area contributed by atoms with Crippen molar-refractivity contribution in [3.8, 4) is 10.6 Å². The molecule has 7 nitrogen and oxygen atoms in total. The molecule has 1 fully saturated rings. The van der Waals surface area contributed by atoms with Gasteiger partial charge in [-0.25, -0.2) is 28.1 Å². The first kappa shape index (κ1) is 19.4. The van der Waals surface area contributed by atoms with Gasteiger partial charge >= 0.3 is 0 Å². The van der Waals surface area contributed by atoms with Crippen molar-refractivity contribution in [1.29, 1.82) is 0 Å². The van der Waals surface area contributed by atoms with E-state index in [9.17, 15) is 8.42 Å². The fourth-order valence-corrected chi connectivity index (χ4v) is 5.71. The van der Waals surface area contributed by atoms with E-state index in [2.05, 4.69) is 40.5 Å². The molecule has 146 valence electrons. The van der Waals surface area contributed by atoms with Crippen molar-refractivity contribution in [2.75, 3.05) is 18.0 Å². The van der Waals surface area contributed by atoms with Crippen LogP contribution in [0.5, 0.6) is 0 Å². The summed E-state index contributed by atoms with van der Waals surface area (Å²) in [6.45, 7) is 1.41. The average molecular weight is 480 g/mol. The number of hydrogen-bond donors (Lipinski definition) is 1. The van der Waals surface area contributed by atoms with Crippen LogP contribution in [0.4, 0.5) is 5.95 Å². The normalized spacial score (nSPS) is 15.7. The third kappa shape index (κ3) is 4.40. The Balaban J connectivity index is 1.40.